The molecule has 1 aliphatic rings. The van der Waals surface area contributed by atoms with E-state index >= 15 is 0 Å². The number of halogens is 1. The van der Waals surface area contributed by atoms with Crippen molar-refractivity contribution in [2.45, 2.75) is 32.7 Å². The minimum atomic E-state index is -0.394. The highest BCUT2D eigenvalue weighted by molar-refractivity contribution is 5.97. The van der Waals surface area contributed by atoms with Gasteiger partial charge in [0.2, 0.25) is 5.91 Å². The van der Waals surface area contributed by atoms with E-state index in [0.29, 0.717) is 30.1 Å². The van der Waals surface area contributed by atoms with Gasteiger partial charge in [0, 0.05) is 37.7 Å². The SMILES string of the molecule is CCn1ccc(C)c(N2CC(c3ccc(OC)cc3F)CC2=O)c1=O. The molecule has 1 aromatic carbocycles. The highest BCUT2D eigenvalue weighted by atomic mass is 19.1. The lowest BCUT2D eigenvalue weighted by atomic mass is 9.97. The van der Waals surface area contributed by atoms with Crippen molar-refractivity contribution in [3.05, 3.63) is 57.8 Å². The molecule has 1 saturated heterocycles. The summed E-state index contributed by atoms with van der Waals surface area (Å²) in [6.07, 6.45) is 1.91. The number of carbonyl (C=O) groups is 1. The molecule has 2 aromatic rings. The molecule has 1 aliphatic heterocycles. The maximum absolute atomic E-state index is 14.3. The molecule has 0 bridgehead atoms. The molecule has 0 spiro atoms. The molecule has 0 radical (unpaired) electrons. The minimum absolute atomic E-state index is 0.158. The Kier molecular flexibility index (Phi) is 4.61. The molecule has 132 valence electrons. The van der Waals surface area contributed by atoms with Crippen LogP contribution < -0.4 is 15.2 Å². The van der Waals surface area contributed by atoms with Gasteiger partial charge in [-0.25, -0.2) is 4.39 Å². The Morgan fingerprint density at radius 1 is 1.28 bits per heavy atom. The first kappa shape index (κ1) is 17.2. The Morgan fingerprint density at radius 2 is 2.04 bits per heavy atom. The Hall–Kier alpha value is -2.63. The average Bonchev–Trinajstić information content (AvgIpc) is 2.96. The van der Waals surface area contributed by atoms with Crippen LogP contribution in [-0.2, 0) is 11.3 Å². The first-order valence-corrected chi connectivity index (χ1v) is 8.30. The summed E-state index contributed by atoms with van der Waals surface area (Å²) in [5.74, 6) is -0.399. The highest BCUT2D eigenvalue weighted by Crippen LogP contribution is 2.34. The van der Waals surface area contributed by atoms with E-state index in [1.165, 1.54) is 18.1 Å². The van der Waals surface area contributed by atoms with Crippen molar-refractivity contribution in [1.29, 1.82) is 0 Å². The van der Waals surface area contributed by atoms with Gasteiger partial charge in [-0.3, -0.25) is 9.59 Å². The lowest BCUT2D eigenvalue weighted by Gasteiger charge is -2.20. The lowest BCUT2D eigenvalue weighted by molar-refractivity contribution is -0.117. The number of anilines is 1. The molecule has 1 amide bonds. The fourth-order valence-electron chi connectivity index (χ4n) is 3.33. The van der Waals surface area contributed by atoms with E-state index in [1.807, 2.05) is 19.9 Å². The van der Waals surface area contributed by atoms with Gasteiger partial charge < -0.3 is 14.2 Å². The van der Waals surface area contributed by atoms with Crippen LogP contribution in [0.2, 0.25) is 0 Å². The highest BCUT2D eigenvalue weighted by Gasteiger charge is 2.35. The molecule has 2 heterocycles. The second kappa shape index (κ2) is 6.70. The van der Waals surface area contributed by atoms with E-state index in [0.717, 1.165) is 5.56 Å². The smallest absolute Gasteiger partial charge is 0.274 e. The summed E-state index contributed by atoms with van der Waals surface area (Å²) in [4.78, 5) is 26.7. The Balaban J connectivity index is 1.95. The molecule has 1 aromatic heterocycles. The van der Waals surface area contributed by atoms with Crippen molar-refractivity contribution in [2.75, 3.05) is 18.6 Å². The number of nitrogens with zero attached hydrogens (tertiary/aromatic N) is 2. The number of hydrogen-bond donors (Lipinski definition) is 0. The fourth-order valence-corrected chi connectivity index (χ4v) is 3.33. The van der Waals surface area contributed by atoms with Gasteiger partial charge in [-0.1, -0.05) is 6.07 Å². The Bertz CT molecular complexity index is 875. The molecular weight excluding hydrogens is 323 g/mol. The van der Waals surface area contributed by atoms with E-state index in [9.17, 15) is 14.0 Å². The monoisotopic (exact) mass is 344 g/mol. The maximum atomic E-state index is 14.3. The first-order chi connectivity index (χ1) is 12.0. The number of amides is 1. The van der Waals surface area contributed by atoms with Crippen LogP contribution in [0.4, 0.5) is 10.1 Å². The number of benzene rings is 1. The molecule has 5 nitrogen and oxygen atoms in total. The van der Waals surface area contributed by atoms with Gasteiger partial charge in [-0.15, -0.1) is 0 Å². The molecule has 0 saturated carbocycles. The van der Waals surface area contributed by atoms with Crippen molar-refractivity contribution in [1.82, 2.24) is 4.57 Å². The van der Waals surface area contributed by atoms with Crippen molar-refractivity contribution in [2.24, 2.45) is 0 Å². The number of rotatable bonds is 4. The summed E-state index contributed by atoms with van der Waals surface area (Å²) in [6, 6.07) is 6.48. The number of ether oxygens (including phenoxy) is 1. The van der Waals surface area contributed by atoms with Crippen molar-refractivity contribution in [3.63, 3.8) is 0 Å². The minimum Gasteiger partial charge on any atom is -0.497 e. The normalized spacial score (nSPS) is 17.2. The van der Waals surface area contributed by atoms with Crippen LogP contribution >= 0.6 is 0 Å². The topological polar surface area (TPSA) is 51.5 Å². The fraction of sp³-hybridized carbons (Fsp3) is 0.368. The Morgan fingerprint density at radius 3 is 2.68 bits per heavy atom. The summed E-state index contributed by atoms with van der Waals surface area (Å²) in [5.41, 5.74) is 1.43. The summed E-state index contributed by atoms with van der Waals surface area (Å²) < 4.78 is 20.9. The lowest BCUT2D eigenvalue weighted by Crippen LogP contribution is -2.34. The quantitative estimate of drug-likeness (QED) is 0.857. The summed E-state index contributed by atoms with van der Waals surface area (Å²) in [6.45, 7) is 4.52. The van der Waals surface area contributed by atoms with E-state index in [1.54, 1.807) is 22.9 Å². The molecule has 25 heavy (non-hydrogen) atoms. The largest absolute Gasteiger partial charge is 0.497 e. The number of aryl methyl sites for hydroxylation is 2. The van der Waals surface area contributed by atoms with E-state index in [4.69, 9.17) is 4.74 Å². The average molecular weight is 344 g/mol. The predicted molar refractivity (Wildman–Crippen MR) is 93.8 cm³/mol. The van der Waals surface area contributed by atoms with Crippen LogP contribution in [0.25, 0.3) is 0 Å². The number of carbonyl (C=O) groups excluding carboxylic acids is 1. The second-order valence-corrected chi connectivity index (χ2v) is 6.23. The molecule has 0 aliphatic carbocycles. The van der Waals surface area contributed by atoms with Gasteiger partial charge in [-0.05, 0) is 37.1 Å². The molecule has 1 unspecified atom stereocenters. The molecule has 3 rings (SSSR count). The molecule has 0 N–H and O–H groups in total. The molecule has 1 fully saturated rings. The zero-order valence-electron chi connectivity index (χ0n) is 14.6. The van der Waals surface area contributed by atoms with Gasteiger partial charge in [0.15, 0.2) is 0 Å². The summed E-state index contributed by atoms with van der Waals surface area (Å²) in [7, 11) is 1.48. The van der Waals surface area contributed by atoms with Crippen molar-refractivity contribution < 1.29 is 13.9 Å². The van der Waals surface area contributed by atoms with Gasteiger partial charge in [-0.2, -0.15) is 0 Å². The van der Waals surface area contributed by atoms with Crippen LogP contribution in [0.1, 0.15) is 30.4 Å². The standard InChI is InChI=1S/C19H21FN2O3/c1-4-21-8-7-12(2)18(19(21)24)22-11-13(9-17(22)23)15-6-5-14(25-3)10-16(15)20/h5-8,10,13H,4,9,11H2,1-3H3. The molecular formula is C19H21FN2O3. The van der Waals surface area contributed by atoms with Crippen LogP contribution in [0, 0.1) is 12.7 Å². The van der Waals surface area contributed by atoms with E-state index in [-0.39, 0.29) is 23.8 Å². The second-order valence-electron chi connectivity index (χ2n) is 6.23. The third kappa shape index (κ3) is 3.04. The van der Waals surface area contributed by atoms with Gasteiger partial charge in [0.25, 0.3) is 5.56 Å². The van der Waals surface area contributed by atoms with Crippen LogP contribution in [0.15, 0.2) is 35.3 Å². The van der Waals surface area contributed by atoms with Crippen LogP contribution in [0.3, 0.4) is 0 Å². The van der Waals surface area contributed by atoms with Gasteiger partial charge >= 0.3 is 0 Å². The molecule has 6 heteroatoms. The van der Waals surface area contributed by atoms with Crippen LogP contribution in [-0.4, -0.2) is 24.1 Å². The number of aromatic nitrogens is 1. The number of hydrogen-bond acceptors (Lipinski definition) is 3. The number of pyridine rings is 1. The van der Waals surface area contributed by atoms with E-state index < -0.39 is 5.82 Å². The van der Waals surface area contributed by atoms with Crippen LogP contribution in [0.5, 0.6) is 5.75 Å². The summed E-state index contributed by atoms with van der Waals surface area (Å²) >= 11 is 0. The zero-order valence-corrected chi connectivity index (χ0v) is 14.6. The Labute approximate surface area is 145 Å². The predicted octanol–water partition coefficient (Wildman–Crippen LogP) is 2.84. The molecule has 1 atom stereocenters. The first-order valence-electron chi connectivity index (χ1n) is 8.30. The van der Waals surface area contributed by atoms with E-state index in [2.05, 4.69) is 0 Å². The summed E-state index contributed by atoms with van der Waals surface area (Å²) in [5, 5.41) is 0. The third-order valence-electron chi connectivity index (χ3n) is 4.72. The van der Waals surface area contributed by atoms with Gasteiger partial charge in [0.05, 0.1) is 7.11 Å². The maximum Gasteiger partial charge on any atom is 0.274 e. The van der Waals surface area contributed by atoms with Gasteiger partial charge in [0.1, 0.15) is 17.3 Å². The van der Waals surface area contributed by atoms with Crippen molar-refractivity contribution in [3.8, 4) is 5.75 Å². The number of methoxy groups -OCH3 is 1. The van der Waals surface area contributed by atoms with Crippen molar-refractivity contribution >= 4 is 11.6 Å². The third-order valence-corrected chi connectivity index (χ3v) is 4.72. The zero-order chi connectivity index (χ0) is 18.1.